The number of hydrogen-bond acceptors (Lipinski definition) is 6. The Morgan fingerprint density at radius 2 is 1.55 bits per heavy atom. The highest BCUT2D eigenvalue weighted by Gasteiger charge is 2.38. The average Bonchev–Trinajstić information content (AvgIpc) is 2.72. The van der Waals surface area contributed by atoms with Crippen molar-refractivity contribution in [2.75, 3.05) is 18.9 Å². The number of thioether (sulfide) groups is 1. The molecule has 0 spiro atoms. The molecule has 1 saturated heterocycles. The average molecular weight is 476 g/mol. The third-order valence-electron chi connectivity index (χ3n) is 6.12. The van der Waals surface area contributed by atoms with Crippen LogP contribution in [0.15, 0.2) is 0 Å². The maximum Gasteiger partial charge on any atom is 0.515 e. The van der Waals surface area contributed by atoms with Crippen molar-refractivity contribution in [1.82, 2.24) is 5.48 Å². The monoisotopic (exact) mass is 475 g/mol. The predicted molar refractivity (Wildman–Crippen MR) is 134 cm³/mol. The van der Waals surface area contributed by atoms with Crippen LogP contribution in [0.1, 0.15) is 117 Å². The normalized spacial score (nSPS) is 22.2. The number of hydrogen-bond donors (Lipinski definition) is 2. The van der Waals surface area contributed by atoms with Crippen molar-refractivity contribution in [2.24, 2.45) is 5.92 Å². The molecular weight excluding hydrogens is 426 g/mol. The summed E-state index contributed by atoms with van der Waals surface area (Å²) in [7, 11) is -3.13. The van der Waals surface area contributed by atoms with Gasteiger partial charge in [-0.3, -0.25) is 9.32 Å². The molecule has 0 aromatic rings. The molecule has 1 fully saturated rings. The summed E-state index contributed by atoms with van der Waals surface area (Å²) in [5.74, 6) is 1.26. The van der Waals surface area contributed by atoms with Crippen LogP contribution in [0.25, 0.3) is 0 Å². The molecule has 31 heavy (non-hydrogen) atoms. The molecule has 1 rings (SSSR count). The highest BCUT2D eigenvalue weighted by Crippen LogP contribution is 2.21. The summed E-state index contributed by atoms with van der Waals surface area (Å²) >= 11 is 1.29. The van der Waals surface area contributed by atoms with E-state index in [1.54, 1.807) is 6.92 Å². The predicted octanol–water partition coefficient (Wildman–Crippen LogP) is 6.63. The van der Waals surface area contributed by atoms with Crippen molar-refractivity contribution >= 4 is 25.7 Å². The number of nitrogens with one attached hydrogen (secondary N) is 1. The Morgan fingerprint density at radius 3 is 2.13 bits per heavy atom. The van der Waals surface area contributed by atoms with Crippen LogP contribution in [0.4, 0.5) is 0 Å². The largest absolute Gasteiger partial charge is 0.515 e. The van der Waals surface area contributed by atoms with Gasteiger partial charge in [0.2, 0.25) is 0 Å². The highest BCUT2D eigenvalue weighted by atomic mass is 32.2. The van der Waals surface area contributed by atoms with Gasteiger partial charge in [-0.25, -0.2) is 5.48 Å². The van der Waals surface area contributed by atoms with E-state index in [1.165, 1.54) is 102 Å². The van der Waals surface area contributed by atoms with E-state index >= 15 is 0 Å². The van der Waals surface area contributed by atoms with Crippen LogP contribution >= 0.6 is 11.8 Å². The van der Waals surface area contributed by atoms with Gasteiger partial charge in [0.15, 0.2) is 5.12 Å². The molecule has 0 radical (unpaired) electrons. The van der Waals surface area contributed by atoms with E-state index in [4.69, 9.17) is 8.95 Å². The molecular formula is C24H49NO4SSi. The zero-order chi connectivity index (χ0) is 22.6. The van der Waals surface area contributed by atoms with Crippen molar-refractivity contribution in [3.05, 3.63) is 0 Å². The van der Waals surface area contributed by atoms with E-state index in [9.17, 15) is 9.59 Å². The van der Waals surface area contributed by atoms with E-state index in [-0.39, 0.29) is 5.12 Å². The van der Waals surface area contributed by atoms with Crippen LogP contribution in [0.5, 0.6) is 0 Å². The molecule has 0 aromatic carbocycles. The first kappa shape index (κ1) is 29.1. The van der Waals surface area contributed by atoms with Gasteiger partial charge in [0, 0.05) is 31.9 Å². The quantitative estimate of drug-likeness (QED) is 0.171. The summed E-state index contributed by atoms with van der Waals surface area (Å²) in [6, 6.07) is 0.504. The first-order valence-corrected chi connectivity index (χ1v) is 15.9. The number of carbonyl (C=O) groups is 1. The summed E-state index contributed by atoms with van der Waals surface area (Å²) in [5.41, 5.74) is 2.99. The summed E-state index contributed by atoms with van der Waals surface area (Å²) in [5, 5.41) is 0.113. The van der Waals surface area contributed by atoms with Gasteiger partial charge in [-0.05, 0) is 25.2 Å². The van der Waals surface area contributed by atoms with Crippen LogP contribution in [0.3, 0.4) is 0 Å². The second kappa shape index (κ2) is 19.5. The van der Waals surface area contributed by atoms with E-state index in [0.717, 1.165) is 19.4 Å². The summed E-state index contributed by atoms with van der Waals surface area (Å²) in [6.07, 6.45) is 20.9. The van der Waals surface area contributed by atoms with Crippen molar-refractivity contribution < 1.29 is 18.5 Å². The molecule has 0 bridgehead atoms. The molecule has 1 heterocycles. The van der Waals surface area contributed by atoms with Crippen LogP contribution < -0.4 is 5.48 Å². The van der Waals surface area contributed by atoms with Crippen molar-refractivity contribution in [3.8, 4) is 0 Å². The zero-order valence-corrected chi connectivity index (χ0v) is 22.1. The molecule has 5 nitrogen and oxygen atoms in total. The standard InChI is InChI=1S/C24H49NO4SSi/c1-3-4-5-6-7-8-9-10-11-12-13-14-15-17-24-18-19-28-31(27,29-25-22-24)21-16-20-30-23(2)26/h24-25,27H,3-22H2,1-2H3. The van der Waals surface area contributed by atoms with Crippen molar-refractivity contribution in [1.29, 1.82) is 0 Å². The third-order valence-corrected chi connectivity index (χ3v) is 9.12. The molecule has 1 aliphatic heterocycles. The van der Waals surface area contributed by atoms with Gasteiger partial charge in [-0.1, -0.05) is 102 Å². The minimum atomic E-state index is -3.13. The minimum Gasteiger partial charge on any atom is -0.389 e. The first-order chi connectivity index (χ1) is 15.1. The number of carbonyl (C=O) groups excluding carboxylic acids is 1. The molecule has 0 amide bonds. The van der Waals surface area contributed by atoms with Crippen molar-refractivity contribution in [2.45, 2.75) is 123 Å². The van der Waals surface area contributed by atoms with Crippen LogP contribution in [-0.2, 0) is 13.7 Å². The fourth-order valence-corrected chi connectivity index (χ4v) is 6.63. The molecule has 0 aliphatic carbocycles. The Balaban J connectivity index is 1.95. The highest BCUT2D eigenvalue weighted by molar-refractivity contribution is 8.13. The second-order valence-electron chi connectivity index (χ2n) is 9.14. The van der Waals surface area contributed by atoms with Gasteiger partial charge < -0.3 is 9.22 Å². The number of unbranched alkanes of at least 4 members (excludes halogenated alkanes) is 12. The van der Waals surface area contributed by atoms with E-state index in [1.807, 2.05) is 0 Å². The zero-order valence-electron chi connectivity index (χ0n) is 20.3. The molecule has 0 aromatic heterocycles. The van der Waals surface area contributed by atoms with Crippen LogP contribution in [0, 0.1) is 5.92 Å². The smallest absolute Gasteiger partial charge is 0.389 e. The number of hydroxylamine groups is 1. The van der Waals surface area contributed by atoms with Crippen molar-refractivity contribution in [3.63, 3.8) is 0 Å². The maximum absolute atomic E-state index is 11.0. The van der Waals surface area contributed by atoms with Crippen LogP contribution in [-0.4, -0.2) is 37.6 Å². The second-order valence-corrected chi connectivity index (χ2v) is 12.8. The molecule has 1 aliphatic rings. The minimum absolute atomic E-state index is 0.113. The number of rotatable bonds is 18. The van der Waals surface area contributed by atoms with E-state index < -0.39 is 8.80 Å². The fraction of sp³-hybridized carbons (Fsp3) is 0.958. The van der Waals surface area contributed by atoms with Gasteiger partial charge in [-0.2, -0.15) is 0 Å². The Kier molecular flexibility index (Phi) is 18.3. The van der Waals surface area contributed by atoms with E-state index in [2.05, 4.69) is 12.4 Å². The fourth-order valence-electron chi connectivity index (χ4n) is 4.12. The van der Waals surface area contributed by atoms with Gasteiger partial charge in [-0.15, -0.1) is 0 Å². The first-order valence-electron chi connectivity index (χ1n) is 13.0. The molecule has 7 heteroatoms. The molecule has 2 unspecified atom stereocenters. The Labute approximate surface area is 197 Å². The van der Waals surface area contributed by atoms with E-state index in [0.29, 0.717) is 24.3 Å². The van der Waals surface area contributed by atoms with Gasteiger partial charge in [0.05, 0.1) is 0 Å². The lowest BCUT2D eigenvalue weighted by molar-refractivity contribution is -0.109. The Morgan fingerprint density at radius 1 is 0.968 bits per heavy atom. The summed E-state index contributed by atoms with van der Waals surface area (Å²) in [6.45, 7) is 5.21. The SMILES string of the molecule is CCCCCCCCCCCCCCCC1CCO[Si](O)(CCCSC(C)=O)ONC1. The van der Waals surface area contributed by atoms with Gasteiger partial charge >= 0.3 is 8.80 Å². The van der Waals surface area contributed by atoms with Gasteiger partial charge in [0.25, 0.3) is 0 Å². The Bertz CT molecular complexity index is 432. The van der Waals surface area contributed by atoms with Crippen LogP contribution in [0.2, 0.25) is 6.04 Å². The third kappa shape index (κ3) is 17.2. The lowest BCUT2D eigenvalue weighted by Gasteiger charge is -2.29. The molecule has 184 valence electrons. The van der Waals surface area contributed by atoms with Gasteiger partial charge in [0.1, 0.15) is 0 Å². The molecule has 0 saturated carbocycles. The molecule has 2 atom stereocenters. The maximum atomic E-state index is 11.0. The molecule has 2 N–H and O–H groups in total. The topological polar surface area (TPSA) is 67.8 Å². The lowest BCUT2D eigenvalue weighted by Crippen LogP contribution is -2.49. The lowest BCUT2D eigenvalue weighted by atomic mass is 9.97. The summed E-state index contributed by atoms with van der Waals surface area (Å²) in [4.78, 5) is 21.5. The Hall–Kier alpha value is 0.0769. The summed E-state index contributed by atoms with van der Waals surface area (Å²) < 4.78 is 11.3.